The molecule has 6 nitrogen and oxygen atoms in total. The van der Waals surface area contributed by atoms with E-state index in [0.717, 1.165) is 11.3 Å². The third-order valence-corrected chi connectivity index (χ3v) is 4.07. The number of amides is 1. The summed E-state index contributed by atoms with van der Waals surface area (Å²) in [7, 11) is 0. The molecule has 25 heavy (non-hydrogen) atoms. The van der Waals surface area contributed by atoms with E-state index < -0.39 is 0 Å². The van der Waals surface area contributed by atoms with Crippen LogP contribution in [0.4, 0.5) is 0 Å². The fraction of sp³-hybridized carbons (Fsp3) is 0.211. The molecule has 0 radical (unpaired) electrons. The Labute approximate surface area is 145 Å². The smallest absolute Gasteiger partial charge is 0.253 e. The van der Waals surface area contributed by atoms with Crippen LogP contribution in [0, 0.1) is 6.92 Å². The van der Waals surface area contributed by atoms with Crippen LogP contribution in [0.25, 0.3) is 5.69 Å². The number of nitrogens with one attached hydrogen (secondary N) is 1. The van der Waals surface area contributed by atoms with Gasteiger partial charge in [0.1, 0.15) is 6.54 Å². The number of carbonyl (C=O) groups is 1. The van der Waals surface area contributed by atoms with E-state index in [9.17, 15) is 9.59 Å². The summed E-state index contributed by atoms with van der Waals surface area (Å²) in [6.45, 7) is 3.66. The minimum absolute atomic E-state index is 0.00602. The number of nitrogens with zero attached hydrogens (tertiary/aromatic N) is 3. The van der Waals surface area contributed by atoms with Crippen LogP contribution in [0.5, 0.6) is 0 Å². The Bertz CT molecular complexity index is 929. The molecule has 0 bridgehead atoms. The van der Waals surface area contributed by atoms with Crippen molar-refractivity contribution in [2.75, 3.05) is 0 Å². The number of hydrogen-bond donors (Lipinski definition) is 1. The molecule has 0 saturated heterocycles. The van der Waals surface area contributed by atoms with Gasteiger partial charge in [-0.25, -0.2) is 4.98 Å². The van der Waals surface area contributed by atoms with Crippen molar-refractivity contribution in [1.82, 2.24) is 19.4 Å². The third kappa shape index (κ3) is 3.85. The van der Waals surface area contributed by atoms with Crippen LogP contribution < -0.4 is 10.9 Å². The van der Waals surface area contributed by atoms with Crippen molar-refractivity contribution in [1.29, 1.82) is 0 Å². The van der Waals surface area contributed by atoms with Gasteiger partial charge < -0.3 is 14.5 Å². The van der Waals surface area contributed by atoms with Gasteiger partial charge in [0.25, 0.3) is 5.56 Å². The van der Waals surface area contributed by atoms with E-state index in [0.29, 0.717) is 5.56 Å². The number of benzene rings is 1. The van der Waals surface area contributed by atoms with E-state index in [1.807, 2.05) is 42.0 Å². The van der Waals surface area contributed by atoms with Gasteiger partial charge in [-0.1, -0.05) is 18.2 Å². The second kappa shape index (κ2) is 7.17. The van der Waals surface area contributed by atoms with Crippen molar-refractivity contribution < 1.29 is 4.79 Å². The highest BCUT2D eigenvalue weighted by molar-refractivity contribution is 5.76. The van der Waals surface area contributed by atoms with Crippen LogP contribution in [0.2, 0.25) is 0 Å². The number of rotatable bonds is 5. The molecule has 128 valence electrons. The average Bonchev–Trinajstić information content (AvgIpc) is 3.14. The lowest BCUT2D eigenvalue weighted by molar-refractivity contribution is -0.122. The zero-order chi connectivity index (χ0) is 17.8. The monoisotopic (exact) mass is 336 g/mol. The Morgan fingerprint density at radius 2 is 2.08 bits per heavy atom. The van der Waals surface area contributed by atoms with E-state index in [1.165, 1.54) is 4.57 Å². The Hall–Kier alpha value is -3.15. The Morgan fingerprint density at radius 1 is 1.24 bits per heavy atom. The number of hydrogen-bond acceptors (Lipinski definition) is 3. The van der Waals surface area contributed by atoms with Gasteiger partial charge in [0.05, 0.1) is 12.4 Å². The van der Waals surface area contributed by atoms with Gasteiger partial charge in [-0.2, -0.15) is 0 Å². The highest BCUT2D eigenvalue weighted by Gasteiger charge is 2.12. The predicted octanol–water partition coefficient (Wildman–Crippen LogP) is 2.22. The summed E-state index contributed by atoms with van der Waals surface area (Å²) in [5.74, 6) is -0.201. The zero-order valence-corrected chi connectivity index (χ0v) is 14.2. The minimum Gasteiger partial charge on any atom is -0.348 e. The van der Waals surface area contributed by atoms with E-state index in [-0.39, 0.29) is 24.1 Å². The van der Waals surface area contributed by atoms with Gasteiger partial charge in [-0.05, 0) is 37.6 Å². The molecular formula is C19H20N4O2. The van der Waals surface area contributed by atoms with Crippen LogP contribution in [0.3, 0.4) is 0 Å². The Morgan fingerprint density at radius 3 is 2.84 bits per heavy atom. The van der Waals surface area contributed by atoms with Gasteiger partial charge in [-0.15, -0.1) is 0 Å². The lowest BCUT2D eigenvalue weighted by Crippen LogP contribution is -2.34. The summed E-state index contributed by atoms with van der Waals surface area (Å²) < 4.78 is 3.32. The van der Waals surface area contributed by atoms with E-state index in [2.05, 4.69) is 10.3 Å². The second-order valence-corrected chi connectivity index (χ2v) is 5.98. The normalized spacial score (nSPS) is 11.9. The van der Waals surface area contributed by atoms with Crippen molar-refractivity contribution >= 4 is 5.91 Å². The summed E-state index contributed by atoms with van der Waals surface area (Å²) in [5.41, 5.74) is 2.44. The van der Waals surface area contributed by atoms with Crippen LogP contribution in [0.1, 0.15) is 24.1 Å². The lowest BCUT2D eigenvalue weighted by atomic mass is 10.1. The quantitative estimate of drug-likeness (QED) is 0.777. The van der Waals surface area contributed by atoms with E-state index >= 15 is 0 Å². The second-order valence-electron chi connectivity index (χ2n) is 5.98. The average molecular weight is 336 g/mol. The summed E-state index contributed by atoms with van der Waals surface area (Å²) >= 11 is 0. The summed E-state index contributed by atoms with van der Waals surface area (Å²) in [6.07, 6.45) is 6.94. The van der Waals surface area contributed by atoms with Crippen molar-refractivity contribution in [3.63, 3.8) is 0 Å². The van der Waals surface area contributed by atoms with Gasteiger partial charge in [0, 0.05) is 29.8 Å². The first-order valence-electron chi connectivity index (χ1n) is 8.08. The fourth-order valence-electron chi connectivity index (χ4n) is 2.67. The highest BCUT2D eigenvalue weighted by atomic mass is 16.2. The number of aryl methyl sites for hydroxylation is 1. The maximum absolute atomic E-state index is 12.3. The largest absolute Gasteiger partial charge is 0.348 e. The van der Waals surface area contributed by atoms with Crippen LogP contribution in [-0.2, 0) is 11.3 Å². The maximum Gasteiger partial charge on any atom is 0.253 e. The predicted molar refractivity (Wildman–Crippen MR) is 95.6 cm³/mol. The first kappa shape index (κ1) is 16.7. The molecule has 2 aromatic heterocycles. The number of aromatic nitrogens is 3. The molecule has 1 aromatic carbocycles. The standard InChI is InChI=1S/C19H20N4O2/c1-14-5-4-9-22(19(14)25)12-18(24)21-15(2)16-6-3-7-17(11-16)23-10-8-20-13-23/h3-11,13,15H,12H2,1-2H3,(H,21,24). The highest BCUT2D eigenvalue weighted by Crippen LogP contribution is 2.16. The van der Waals surface area contributed by atoms with Crippen molar-refractivity contribution in [2.45, 2.75) is 26.4 Å². The van der Waals surface area contributed by atoms with Crippen LogP contribution >= 0.6 is 0 Å². The number of pyridine rings is 1. The molecule has 1 amide bonds. The molecule has 0 saturated carbocycles. The molecule has 6 heteroatoms. The first-order valence-corrected chi connectivity index (χ1v) is 8.08. The molecule has 3 rings (SSSR count). The summed E-state index contributed by atoms with van der Waals surface area (Å²) in [4.78, 5) is 28.3. The molecule has 0 fully saturated rings. The van der Waals surface area contributed by atoms with E-state index in [4.69, 9.17) is 0 Å². The molecule has 2 heterocycles. The topological polar surface area (TPSA) is 68.9 Å². The van der Waals surface area contributed by atoms with Crippen molar-refractivity contribution in [2.24, 2.45) is 0 Å². The van der Waals surface area contributed by atoms with Gasteiger partial charge in [-0.3, -0.25) is 9.59 Å². The SMILES string of the molecule is Cc1cccn(CC(=O)NC(C)c2cccc(-n3ccnc3)c2)c1=O. The van der Waals surface area contributed by atoms with Gasteiger partial charge in [0.2, 0.25) is 5.91 Å². The molecule has 3 aromatic rings. The summed E-state index contributed by atoms with van der Waals surface area (Å²) in [5, 5.41) is 2.94. The Kier molecular flexibility index (Phi) is 4.79. The summed E-state index contributed by atoms with van der Waals surface area (Å²) in [6, 6.07) is 11.2. The number of imidazole rings is 1. The maximum atomic E-state index is 12.3. The minimum atomic E-state index is -0.201. The lowest BCUT2D eigenvalue weighted by Gasteiger charge is -2.16. The van der Waals surface area contributed by atoms with Gasteiger partial charge in [0.15, 0.2) is 0 Å². The van der Waals surface area contributed by atoms with Crippen molar-refractivity contribution in [3.05, 3.63) is 82.8 Å². The molecule has 1 N–H and O–H groups in total. The van der Waals surface area contributed by atoms with E-state index in [1.54, 1.807) is 37.8 Å². The Balaban J connectivity index is 1.70. The van der Waals surface area contributed by atoms with Crippen LogP contribution in [0.15, 0.2) is 66.1 Å². The molecule has 0 aliphatic heterocycles. The number of carbonyl (C=O) groups excluding carboxylic acids is 1. The third-order valence-electron chi connectivity index (χ3n) is 4.07. The molecule has 0 aliphatic rings. The van der Waals surface area contributed by atoms with Crippen molar-refractivity contribution in [3.8, 4) is 5.69 Å². The molecule has 1 atom stereocenters. The molecular weight excluding hydrogens is 316 g/mol. The molecule has 1 unspecified atom stereocenters. The van der Waals surface area contributed by atoms with Gasteiger partial charge >= 0.3 is 0 Å². The fourth-order valence-corrected chi connectivity index (χ4v) is 2.67. The molecule has 0 aliphatic carbocycles. The van der Waals surface area contributed by atoms with Crippen LogP contribution in [-0.4, -0.2) is 20.0 Å². The zero-order valence-electron chi connectivity index (χ0n) is 14.2. The first-order chi connectivity index (χ1) is 12.0. The molecule has 0 spiro atoms.